The number of nitrogens with one attached hydrogen (secondary N) is 2. The number of aryl methyl sites for hydroxylation is 2. The van der Waals surface area contributed by atoms with Crippen LogP contribution in [0.5, 0.6) is 0 Å². The van der Waals surface area contributed by atoms with Gasteiger partial charge in [-0.25, -0.2) is 22.5 Å². The fourth-order valence-corrected chi connectivity index (χ4v) is 4.53. The normalized spacial score (nSPS) is 11.7. The van der Waals surface area contributed by atoms with Gasteiger partial charge in [-0.05, 0) is 58.2 Å². The molecule has 0 unspecified atom stereocenters. The summed E-state index contributed by atoms with van der Waals surface area (Å²) in [5.74, 6) is -1.38. The minimum atomic E-state index is -3.79. The van der Waals surface area contributed by atoms with Crippen LogP contribution in [0.2, 0.25) is 0 Å². The molecule has 1 heterocycles. The summed E-state index contributed by atoms with van der Waals surface area (Å²) in [4.78, 5) is 16.5. The second kappa shape index (κ2) is 9.38. The zero-order valence-electron chi connectivity index (χ0n) is 15.6. The minimum Gasteiger partial charge on any atom is -0.352 e. The third-order valence-electron chi connectivity index (χ3n) is 3.65. The first-order valence-electron chi connectivity index (χ1n) is 8.70. The van der Waals surface area contributed by atoms with Gasteiger partial charge >= 0.3 is 0 Å². The van der Waals surface area contributed by atoms with Crippen molar-refractivity contribution in [2.45, 2.75) is 51.0 Å². The average molecular weight is 414 g/mol. The van der Waals surface area contributed by atoms with Gasteiger partial charge in [0, 0.05) is 23.7 Å². The van der Waals surface area contributed by atoms with E-state index >= 15 is 0 Å². The quantitative estimate of drug-likeness (QED) is 0.619. The second-order valence-electron chi connectivity index (χ2n) is 6.51. The number of benzene rings is 1. The molecule has 0 aliphatic rings. The van der Waals surface area contributed by atoms with Gasteiger partial charge in [-0.1, -0.05) is 0 Å². The first-order valence-corrected chi connectivity index (χ1v) is 11.1. The number of hydrogen-bond acceptors (Lipinski definition) is 5. The molecular weight excluding hydrogens is 389 g/mol. The Balaban J connectivity index is 1.92. The van der Waals surface area contributed by atoms with E-state index < -0.39 is 21.7 Å². The molecule has 0 aliphatic heterocycles. The number of unbranched alkanes of at least 4 members (excludes halogenated alkanes) is 1. The summed E-state index contributed by atoms with van der Waals surface area (Å²) in [6, 6.07) is 2.90. The van der Waals surface area contributed by atoms with E-state index in [1.165, 1.54) is 0 Å². The third kappa shape index (κ3) is 6.37. The van der Waals surface area contributed by atoms with Gasteiger partial charge in [0.15, 0.2) is 0 Å². The maximum atomic E-state index is 14.0. The van der Waals surface area contributed by atoms with Gasteiger partial charge in [0.25, 0.3) is 5.91 Å². The lowest BCUT2D eigenvalue weighted by atomic mass is 10.2. The fourth-order valence-electron chi connectivity index (χ4n) is 2.44. The number of carbonyl (C=O) groups is 1. The molecule has 148 valence electrons. The van der Waals surface area contributed by atoms with Gasteiger partial charge < -0.3 is 5.32 Å². The lowest BCUT2D eigenvalue weighted by Crippen LogP contribution is -2.31. The molecule has 6 nitrogen and oxygen atoms in total. The zero-order chi connectivity index (χ0) is 20.0. The Morgan fingerprint density at radius 2 is 2.04 bits per heavy atom. The van der Waals surface area contributed by atoms with Crippen molar-refractivity contribution in [3.63, 3.8) is 0 Å². The number of amides is 1. The van der Waals surface area contributed by atoms with Crippen LogP contribution in [-0.2, 0) is 16.4 Å². The molecule has 0 bridgehead atoms. The van der Waals surface area contributed by atoms with Gasteiger partial charge in [-0.15, -0.1) is 11.3 Å². The topological polar surface area (TPSA) is 88.2 Å². The Kier molecular flexibility index (Phi) is 7.46. The smallest absolute Gasteiger partial charge is 0.254 e. The van der Waals surface area contributed by atoms with Crippen LogP contribution in [-0.4, -0.2) is 31.9 Å². The van der Waals surface area contributed by atoms with Gasteiger partial charge in [0.05, 0.1) is 15.5 Å². The maximum Gasteiger partial charge on any atom is 0.254 e. The van der Waals surface area contributed by atoms with E-state index in [0.717, 1.165) is 48.2 Å². The molecule has 2 N–H and O–H groups in total. The number of thiazole rings is 1. The van der Waals surface area contributed by atoms with E-state index in [1.807, 2.05) is 12.3 Å². The van der Waals surface area contributed by atoms with Crippen LogP contribution < -0.4 is 10.0 Å². The molecule has 0 radical (unpaired) electrons. The predicted molar refractivity (Wildman–Crippen MR) is 104 cm³/mol. The number of carbonyl (C=O) groups excluding carboxylic acids is 1. The lowest BCUT2D eigenvalue weighted by molar-refractivity contribution is 0.0948. The Bertz CT molecular complexity index is 895. The highest BCUT2D eigenvalue weighted by Gasteiger charge is 2.20. The van der Waals surface area contributed by atoms with Crippen molar-refractivity contribution in [3.8, 4) is 0 Å². The summed E-state index contributed by atoms with van der Waals surface area (Å²) in [5.41, 5.74) is 0.720. The maximum absolute atomic E-state index is 14.0. The fraction of sp³-hybridized carbons (Fsp3) is 0.444. The largest absolute Gasteiger partial charge is 0.352 e. The van der Waals surface area contributed by atoms with E-state index in [2.05, 4.69) is 15.0 Å². The highest BCUT2D eigenvalue weighted by molar-refractivity contribution is 7.89. The molecule has 0 fully saturated rings. The molecule has 27 heavy (non-hydrogen) atoms. The SMILES string of the molecule is Cc1csc(CCCCNC(=O)c2cc(S(=O)(=O)NC(C)C)ccc2F)n1. The molecule has 0 saturated carbocycles. The number of sulfonamides is 1. The van der Waals surface area contributed by atoms with Crippen LogP contribution in [0.1, 0.15) is 47.7 Å². The van der Waals surface area contributed by atoms with Crippen LogP contribution in [0, 0.1) is 12.7 Å². The van der Waals surface area contributed by atoms with Crippen LogP contribution in [0.15, 0.2) is 28.5 Å². The van der Waals surface area contributed by atoms with E-state index in [-0.39, 0.29) is 16.5 Å². The molecule has 1 amide bonds. The zero-order valence-corrected chi connectivity index (χ0v) is 17.2. The standard InChI is InChI=1S/C18H24FN3O3S2/c1-12(2)22-27(24,25)14-7-8-16(19)15(10-14)18(23)20-9-5-4-6-17-21-13(3)11-26-17/h7-8,10-12,22H,4-6,9H2,1-3H3,(H,20,23). The molecular formula is C18H24FN3O3S2. The summed E-state index contributed by atoms with van der Waals surface area (Å²) in [6.07, 6.45) is 2.40. The number of aromatic nitrogens is 1. The molecule has 0 spiro atoms. The molecule has 1 aromatic heterocycles. The number of halogens is 1. The predicted octanol–water partition coefficient (Wildman–Crippen LogP) is 3.03. The Morgan fingerprint density at radius 3 is 2.67 bits per heavy atom. The van der Waals surface area contributed by atoms with Crippen molar-refractivity contribution in [3.05, 3.63) is 45.7 Å². The number of hydrogen-bond donors (Lipinski definition) is 2. The van der Waals surface area contributed by atoms with Crippen LogP contribution in [0.25, 0.3) is 0 Å². The van der Waals surface area contributed by atoms with Crippen LogP contribution in [0.4, 0.5) is 4.39 Å². The summed E-state index contributed by atoms with van der Waals surface area (Å²) >= 11 is 1.61. The molecule has 0 saturated heterocycles. The lowest BCUT2D eigenvalue weighted by Gasteiger charge is -2.11. The Hall–Kier alpha value is -1.84. The van der Waals surface area contributed by atoms with Gasteiger partial charge in [-0.3, -0.25) is 4.79 Å². The second-order valence-corrected chi connectivity index (χ2v) is 9.17. The third-order valence-corrected chi connectivity index (χ3v) is 6.34. The molecule has 9 heteroatoms. The Labute approximate surface area is 163 Å². The van der Waals surface area contributed by atoms with Crippen molar-refractivity contribution in [2.75, 3.05) is 6.54 Å². The minimum absolute atomic E-state index is 0.137. The van der Waals surface area contributed by atoms with Gasteiger partial charge in [0.2, 0.25) is 10.0 Å². The van der Waals surface area contributed by atoms with Gasteiger partial charge in [0.1, 0.15) is 5.82 Å². The Morgan fingerprint density at radius 1 is 1.30 bits per heavy atom. The summed E-state index contributed by atoms with van der Waals surface area (Å²) in [6.45, 7) is 5.69. The highest BCUT2D eigenvalue weighted by Crippen LogP contribution is 2.16. The van der Waals surface area contributed by atoms with Crippen molar-refractivity contribution < 1.29 is 17.6 Å². The van der Waals surface area contributed by atoms with Crippen LogP contribution in [0.3, 0.4) is 0 Å². The average Bonchev–Trinajstić information content (AvgIpc) is 2.98. The summed E-state index contributed by atoms with van der Waals surface area (Å²) < 4.78 is 40.8. The van der Waals surface area contributed by atoms with E-state index in [0.29, 0.717) is 6.54 Å². The highest BCUT2D eigenvalue weighted by atomic mass is 32.2. The monoisotopic (exact) mass is 413 g/mol. The number of nitrogens with zero attached hydrogens (tertiary/aromatic N) is 1. The molecule has 0 aliphatic carbocycles. The van der Waals surface area contributed by atoms with Crippen molar-refractivity contribution in [2.24, 2.45) is 0 Å². The first-order chi connectivity index (χ1) is 12.7. The summed E-state index contributed by atoms with van der Waals surface area (Å²) in [5, 5.41) is 5.69. The van der Waals surface area contributed by atoms with Crippen LogP contribution >= 0.6 is 11.3 Å². The van der Waals surface area contributed by atoms with Crippen molar-refractivity contribution in [1.82, 2.24) is 15.0 Å². The van der Waals surface area contributed by atoms with Gasteiger partial charge in [-0.2, -0.15) is 0 Å². The summed E-state index contributed by atoms with van der Waals surface area (Å²) in [7, 11) is -3.79. The molecule has 2 aromatic rings. The van der Waals surface area contributed by atoms with E-state index in [1.54, 1.807) is 25.2 Å². The number of rotatable bonds is 9. The van der Waals surface area contributed by atoms with E-state index in [4.69, 9.17) is 0 Å². The van der Waals surface area contributed by atoms with Crippen molar-refractivity contribution >= 4 is 27.3 Å². The molecule has 0 atom stereocenters. The van der Waals surface area contributed by atoms with E-state index in [9.17, 15) is 17.6 Å². The molecule has 2 rings (SSSR count). The van der Waals surface area contributed by atoms with Crippen molar-refractivity contribution in [1.29, 1.82) is 0 Å². The molecule has 1 aromatic carbocycles. The first kappa shape index (κ1) is 21.5.